The van der Waals surface area contributed by atoms with Gasteiger partial charge < -0.3 is 24.8 Å². The second-order valence-electron chi connectivity index (χ2n) is 11.7. The van der Waals surface area contributed by atoms with Crippen LogP contribution in [0.2, 0.25) is 0 Å². The Hall–Kier alpha value is -4.68. The molecule has 0 bridgehead atoms. The number of pyridine rings is 1. The monoisotopic (exact) mass is 645 g/mol. The van der Waals surface area contributed by atoms with E-state index in [1.54, 1.807) is 48.7 Å². The van der Waals surface area contributed by atoms with E-state index in [0.29, 0.717) is 64.6 Å². The Kier molecular flexibility index (Phi) is 10.4. The summed E-state index contributed by atoms with van der Waals surface area (Å²) in [5, 5.41) is 10.7. The highest BCUT2D eigenvalue weighted by molar-refractivity contribution is 7.85. The van der Waals surface area contributed by atoms with Gasteiger partial charge in [-0.1, -0.05) is 24.3 Å². The molecule has 3 aromatic carbocycles. The molecule has 1 aromatic heterocycles. The molecular weight excluding hydrogens is 606 g/mol. The van der Waals surface area contributed by atoms with Crippen molar-refractivity contribution in [1.82, 2.24) is 15.2 Å². The van der Waals surface area contributed by atoms with Gasteiger partial charge in [0, 0.05) is 83.3 Å². The predicted molar refractivity (Wildman–Crippen MR) is 181 cm³/mol. The summed E-state index contributed by atoms with van der Waals surface area (Å²) >= 11 is 0. The number of methoxy groups -OCH3 is 1. The number of aromatic nitrogens is 1. The van der Waals surface area contributed by atoms with Crippen LogP contribution in [0.3, 0.4) is 0 Å². The highest BCUT2D eigenvalue weighted by atomic mass is 32.2. The summed E-state index contributed by atoms with van der Waals surface area (Å²) in [6.45, 7) is 8.20. The zero-order chi connectivity index (χ0) is 32.7. The highest BCUT2D eigenvalue weighted by Crippen LogP contribution is 2.35. The third kappa shape index (κ3) is 8.73. The topological polar surface area (TPSA) is 131 Å². The fourth-order valence-corrected chi connectivity index (χ4v) is 6.11. The van der Waals surface area contributed by atoms with Crippen LogP contribution in [-0.2, 0) is 15.5 Å². The number of benzene rings is 3. The molecule has 0 unspecified atom stereocenters. The molecule has 2 amide bonds. The minimum absolute atomic E-state index is 0.225. The van der Waals surface area contributed by atoms with Crippen molar-refractivity contribution < 1.29 is 28.0 Å². The van der Waals surface area contributed by atoms with Crippen molar-refractivity contribution in [2.75, 3.05) is 55.4 Å². The number of amides is 2. The van der Waals surface area contributed by atoms with Gasteiger partial charge in [-0.2, -0.15) is 0 Å². The first-order chi connectivity index (χ1) is 22.1. The zero-order valence-corrected chi connectivity index (χ0v) is 27.2. The number of nitrogens with one attached hydrogen (secondary N) is 3. The Morgan fingerprint density at radius 2 is 1.72 bits per heavy atom. The Morgan fingerprint density at radius 1 is 0.957 bits per heavy atom. The van der Waals surface area contributed by atoms with Gasteiger partial charge in [0.05, 0.1) is 18.4 Å². The Labute approximate surface area is 271 Å². The lowest BCUT2D eigenvalue weighted by Gasteiger charge is -2.26. The van der Waals surface area contributed by atoms with E-state index >= 15 is 0 Å². The van der Waals surface area contributed by atoms with E-state index in [9.17, 15) is 13.8 Å². The summed E-state index contributed by atoms with van der Waals surface area (Å²) in [5.74, 6) is 3.25. The van der Waals surface area contributed by atoms with E-state index in [-0.39, 0.29) is 5.91 Å². The Balaban J connectivity index is 1.24. The molecule has 4 aromatic rings. The molecule has 0 radical (unpaired) electrons. The molecule has 1 aliphatic rings. The molecule has 11 nitrogen and oxygen atoms in total. The van der Waals surface area contributed by atoms with Crippen LogP contribution < -0.4 is 25.4 Å². The molecule has 0 spiro atoms. The first-order valence-electron chi connectivity index (χ1n) is 15.0. The fourth-order valence-electron chi connectivity index (χ4n) is 4.98. The number of hydrogen-bond acceptors (Lipinski definition) is 9. The largest absolute Gasteiger partial charge is 0.496 e. The van der Waals surface area contributed by atoms with Gasteiger partial charge in [0.2, 0.25) is 0 Å². The van der Waals surface area contributed by atoms with Crippen LogP contribution in [0, 0.1) is 0 Å². The molecular formula is C34H39N5O6S. The number of carbonyl (C=O) groups excluding carboxylic acids is 2. The van der Waals surface area contributed by atoms with E-state index in [4.69, 9.17) is 14.2 Å². The normalized spacial score (nSPS) is 14.0. The number of ether oxygens (including phenoxy) is 3. The summed E-state index contributed by atoms with van der Waals surface area (Å²) in [6.07, 6.45) is 1.10. The molecule has 242 valence electrons. The van der Waals surface area contributed by atoms with Crippen LogP contribution in [0.25, 0.3) is 10.8 Å². The number of anilines is 3. The molecule has 3 N–H and O–H groups in total. The Morgan fingerprint density at radius 3 is 2.46 bits per heavy atom. The molecule has 0 saturated carbocycles. The van der Waals surface area contributed by atoms with Crippen molar-refractivity contribution >= 4 is 50.8 Å². The molecule has 1 aliphatic heterocycles. The maximum atomic E-state index is 12.9. The molecule has 2 heterocycles. The molecule has 0 aliphatic carbocycles. The van der Waals surface area contributed by atoms with Gasteiger partial charge in [-0.05, 0) is 51.1 Å². The predicted octanol–water partition coefficient (Wildman–Crippen LogP) is 5.92. The quantitative estimate of drug-likeness (QED) is 0.192. The third-order valence-electron chi connectivity index (χ3n) is 7.18. The lowest BCUT2D eigenvalue weighted by Crippen LogP contribution is -2.42. The minimum Gasteiger partial charge on any atom is -0.496 e. The van der Waals surface area contributed by atoms with Crippen LogP contribution in [0.15, 0.2) is 72.9 Å². The molecule has 46 heavy (non-hydrogen) atoms. The van der Waals surface area contributed by atoms with Crippen molar-refractivity contribution in [2.45, 2.75) is 26.4 Å². The summed E-state index contributed by atoms with van der Waals surface area (Å²) in [6, 6.07) is 20.0. The molecule has 12 heteroatoms. The molecule has 0 atom stereocenters. The summed E-state index contributed by atoms with van der Waals surface area (Å²) < 4.78 is 28.8. The van der Waals surface area contributed by atoms with Crippen LogP contribution in [0.4, 0.5) is 22.0 Å². The third-order valence-corrected chi connectivity index (χ3v) is 8.46. The minimum atomic E-state index is -0.726. The zero-order valence-electron chi connectivity index (χ0n) is 26.4. The fraction of sp³-hybridized carbons (Fsp3) is 0.324. The molecule has 1 fully saturated rings. The second kappa shape index (κ2) is 14.6. The Bertz CT molecular complexity index is 1730. The van der Waals surface area contributed by atoms with E-state index in [2.05, 4.69) is 25.8 Å². The lowest BCUT2D eigenvalue weighted by atomic mass is 10.1. The second-order valence-corrected chi connectivity index (χ2v) is 13.4. The van der Waals surface area contributed by atoms with Gasteiger partial charge in [0.25, 0.3) is 5.91 Å². The van der Waals surface area contributed by atoms with Gasteiger partial charge in [0.1, 0.15) is 28.7 Å². The van der Waals surface area contributed by atoms with Crippen LogP contribution in [-0.4, -0.2) is 76.5 Å². The van der Waals surface area contributed by atoms with E-state index in [1.165, 1.54) is 7.11 Å². The number of fused-ring (bicyclic) bond motifs is 1. The van der Waals surface area contributed by atoms with Crippen LogP contribution in [0.5, 0.6) is 17.2 Å². The van der Waals surface area contributed by atoms with Crippen molar-refractivity contribution in [3.05, 3.63) is 78.5 Å². The van der Waals surface area contributed by atoms with Gasteiger partial charge in [-0.25, -0.2) is 9.78 Å². The van der Waals surface area contributed by atoms with Crippen molar-refractivity contribution in [3.8, 4) is 17.2 Å². The summed E-state index contributed by atoms with van der Waals surface area (Å²) in [4.78, 5) is 31.9. The maximum absolute atomic E-state index is 12.9. The first kappa shape index (κ1) is 32.7. The van der Waals surface area contributed by atoms with Gasteiger partial charge in [0.15, 0.2) is 0 Å². The van der Waals surface area contributed by atoms with Crippen LogP contribution >= 0.6 is 0 Å². The van der Waals surface area contributed by atoms with Gasteiger partial charge >= 0.3 is 6.09 Å². The maximum Gasteiger partial charge on any atom is 0.412 e. The van der Waals surface area contributed by atoms with Gasteiger partial charge in [-0.3, -0.25) is 19.2 Å². The van der Waals surface area contributed by atoms with E-state index in [0.717, 1.165) is 23.9 Å². The number of rotatable bonds is 10. The van der Waals surface area contributed by atoms with Crippen LogP contribution in [0.1, 0.15) is 31.1 Å². The molecule has 5 rings (SSSR count). The standard InChI is InChI=1S/C34H39N5O6S/c1-34(2,3)45-33(41)38-28-11-12-29(26-8-6-5-7-25(26)28)44-24-13-14-35-31(22-24)37-23-9-10-27(30(21-23)43-4)32(40)36-15-16-39-17-19-46(42)20-18-39/h5-14,21-22H,15-20H2,1-4H3,(H,35,37)(H,36,40)(H,38,41). The van der Waals surface area contributed by atoms with E-state index in [1.807, 2.05) is 45.0 Å². The number of nitrogens with zero attached hydrogens (tertiary/aromatic N) is 2. The van der Waals surface area contributed by atoms with Crippen molar-refractivity contribution in [1.29, 1.82) is 0 Å². The van der Waals surface area contributed by atoms with Crippen molar-refractivity contribution in [3.63, 3.8) is 0 Å². The van der Waals surface area contributed by atoms with E-state index < -0.39 is 22.5 Å². The number of hydrogen-bond donors (Lipinski definition) is 3. The van der Waals surface area contributed by atoms with Gasteiger partial charge in [-0.15, -0.1) is 0 Å². The summed E-state index contributed by atoms with van der Waals surface area (Å²) in [5.41, 5.74) is 1.11. The average molecular weight is 646 g/mol. The van der Waals surface area contributed by atoms with Crippen molar-refractivity contribution in [2.24, 2.45) is 0 Å². The first-order valence-corrected chi connectivity index (χ1v) is 16.5. The number of carbonyl (C=O) groups is 2. The highest BCUT2D eigenvalue weighted by Gasteiger charge is 2.19. The average Bonchev–Trinajstić information content (AvgIpc) is 3.02. The lowest BCUT2D eigenvalue weighted by molar-refractivity contribution is 0.0636. The smallest absolute Gasteiger partial charge is 0.412 e. The SMILES string of the molecule is COc1cc(Nc2cc(Oc3ccc(NC(=O)OC(C)(C)C)c4ccccc34)ccn2)ccc1C(=O)NCCN1CCS(=O)CC1. The summed E-state index contributed by atoms with van der Waals surface area (Å²) in [7, 11) is 0.797. The molecule has 1 saturated heterocycles.